The summed E-state index contributed by atoms with van der Waals surface area (Å²) >= 11 is 13.0. The lowest BCUT2D eigenvalue weighted by atomic mass is 10.2. The van der Waals surface area contributed by atoms with E-state index >= 15 is 0 Å². The summed E-state index contributed by atoms with van der Waals surface area (Å²) in [6, 6.07) is 9.16. The van der Waals surface area contributed by atoms with Gasteiger partial charge < -0.3 is 20.1 Å². The fraction of sp³-hybridized carbons (Fsp3) is 0.286. The number of azo groups is 1. The molecule has 0 atom stereocenters. The van der Waals surface area contributed by atoms with Crippen molar-refractivity contribution in [2.75, 3.05) is 36.5 Å². The molecule has 1 fully saturated rings. The molecule has 12 heteroatoms. The summed E-state index contributed by atoms with van der Waals surface area (Å²) in [5, 5.41) is 22.4. The number of hydrogen-bond donors (Lipinski definition) is 2. The summed E-state index contributed by atoms with van der Waals surface area (Å²) in [5.41, 5.74) is 2.33. The van der Waals surface area contributed by atoms with Crippen molar-refractivity contribution in [3.63, 3.8) is 0 Å². The van der Waals surface area contributed by atoms with Crippen molar-refractivity contribution in [3.05, 3.63) is 55.4 Å². The maximum Gasteiger partial charge on any atom is 0.275 e. The van der Waals surface area contributed by atoms with Gasteiger partial charge in [-0.2, -0.15) is 20.1 Å². The fourth-order valence-corrected chi connectivity index (χ4v) is 4.57. The number of benzene rings is 2. The third-order valence-corrected chi connectivity index (χ3v) is 6.31. The van der Waals surface area contributed by atoms with Crippen molar-refractivity contribution in [3.8, 4) is 5.75 Å². The van der Waals surface area contributed by atoms with Crippen LogP contribution < -0.4 is 10.2 Å². The third kappa shape index (κ3) is 6.17. The van der Waals surface area contributed by atoms with Crippen molar-refractivity contribution >= 4 is 67.0 Å². The molecule has 2 aromatic carbocycles. The summed E-state index contributed by atoms with van der Waals surface area (Å²) in [6.07, 6.45) is 0. The van der Waals surface area contributed by atoms with Crippen LogP contribution in [-0.2, 0) is 11.3 Å². The molecule has 0 aliphatic carbocycles. The number of phenols is 1. The van der Waals surface area contributed by atoms with Crippen LogP contribution in [0.3, 0.4) is 0 Å². The van der Waals surface area contributed by atoms with Gasteiger partial charge in [-0.05, 0) is 52.7 Å². The summed E-state index contributed by atoms with van der Waals surface area (Å²) < 4.78 is 6.81. The van der Waals surface area contributed by atoms with E-state index in [0.29, 0.717) is 53.3 Å². The van der Waals surface area contributed by atoms with Crippen molar-refractivity contribution in [1.29, 1.82) is 0 Å². The van der Waals surface area contributed by atoms with Gasteiger partial charge in [-0.25, -0.2) is 0 Å². The van der Waals surface area contributed by atoms with Crippen LogP contribution in [0.1, 0.15) is 11.1 Å². The second-order valence-corrected chi connectivity index (χ2v) is 9.42. The molecular weight excluding hydrogens is 578 g/mol. The van der Waals surface area contributed by atoms with Gasteiger partial charge in [0.25, 0.3) is 5.95 Å². The Morgan fingerprint density at radius 2 is 1.94 bits per heavy atom. The van der Waals surface area contributed by atoms with Crippen LogP contribution in [0, 0.1) is 6.92 Å². The molecule has 1 aromatic heterocycles. The Bertz CT molecular complexity index is 1190. The molecule has 4 rings (SSSR count). The van der Waals surface area contributed by atoms with Crippen molar-refractivity contribution in [2.24, 2.45) is 10.2 Å². The van der Waals surface area contributed by atoms with Gasteiger partial charge >= 0.3 is 0 Å². The minimum atomic E-state index is 0.111. The van der Waals surface area contributed by atoms with Crippen LogP contribution in [0.5, 0.6) is 5.75 Å². The highest BCUT2D eigenvalue weighted by molar-refractivity contribution is 9.11. The van der Waals surface area contributed by atoms with E-state index in [-0.39, 0.29) is 18.2 Å². The molecule has 9 nitrogen and oxygen atoms in total. The molecule has 1 aliphatic heterocycles. The summed E-state index contributed by atoms with van der Waals surface area (Å²) in [5.74, 6) is 1.07. The van der Waals surface area contributed by atoms with Gasteiger partial charge in [0, 0.05) is 33.8 Å². The Morgan fingerprint density at radius 3 is 2.70 bits per heavy atom. The highest BCUT2D eigenvalue weighted by atomic mass is 79.9. The van der Waals surface area contributed by atoms with E-state index in [1.54, 1.807) is 12.1 Å². The lowest BCUT2D eigenvalue weighted by molar-refractivity contribution is 0.122. The number of nitrogens with zero attached hydrogens (tertiary/aromatic N) is 6. The normalized spacial score (nSPS) is 14.1. The molecule has 0 spiro atoms. The first kappa shape index (κ1) is 23.8. The van der Waals surface area contributed by atoms with Crippen molar-refractivity contribution in [2.45, 2.75) is 13.5 Å². The molecule has 2 heterocycles. The average Bonchev–Trinajstić information content (AvgIpc) is 2.80. The Hall–Kier alpha value is -2.34. The summed E-state index contributed by atoms with van der Waals surface area (Å²) in [7, 11) is 0. The number of rotatable bonds is 6. The third-order valence-electron chi connectivity index (χ3n) is 4.84. The first-order chi connectivity index (χ1) is 15.9. The first-order valence-corrected chi connectivity index (χ1v) is 12.0. The molecule has 1 aliphatic rings. The monoisotopic (exact) mass is 595 g/mol. The second-order valence-electron chi connectivity index (χ2n) is 7.24. The highest BCUT2D eigenvalue weighted by Crippen LogP contribution is 2.32. The number of nitrogens with one attached hydrogen (secondary N) is 1. The van der Waals surface area contributed by atoms with E-state index < -0.39 is 0 Å². The maximum atomic E-state index is 10.2. The Kier molecular flexibility index (Phi) is 7.74. The second kappa shape index (κ2) is 10.7. The smallest absolute Gasteiger partial charge is 0.275 e. The first-order valence-electron chi connectivity index (χ1n) is 10.1. The van der Waals surface area contributed by atoms with E-state index in [0.717, 1.165) is 15.7 Å². The predicted octanol–water partition coefficient (Wildman–Crippen LogP) is 5.93. The predicted molar refractivity (Wildman–Crippen MR) is 134 cm³/mol. The minimum absolute atomic E-state index is 0.111. The molecule has 3 aromatic rings. The molecule has 0 amide bonds. The number of ether oxygens (including phenoxy) is 1. The zero-order valence-corrected chi connectivity index (χ0v) is 21.5. The van der Waals surface area contributed by atoms with Gasteiger partial charge in [0.15, 0.2) is 0 Å². The molecule has 2 N–H and O–H groups in total. The van der Waals surface area contributed by atoms with Crippen LogP contribution in [0.25, 0.3) is 0 Å². The van der Waals surface area contributed by atoms with Gasteiger partial charge in [0.05, 0.1) is 24.2 Å². The van der Waals surface area contributed by atoms with Crippen LogP contribution in [-0.4, -0.2) is 46.4 Å². The molecule has 0 bridgehead atoms. The topological polar surface area (TPSA) is 108 Å². The number of halogens is 3. The lowest BCUT2D eigenvalue weighted by Gasteiger charge is -2.26. The quantitative estimate of drug-likeness (QED) is 0.339. The van der Waals surface area contributed by atoms with Crippen LogP contribution in [0.15, 0.2) is 49.5 Å². The largest absolute Gasteiger partial charge is 0.506 e. The minimum Gasteiger partial charge on any atom is -0.506 e. The van der Waals surface area contributed by atoms with E-state index in [4.69, 9.17) is 16.3 Å². The van der Waals surface area contributed by atoms with Gasteiger partial charge in [0.2, 0.25) is 11.9 Å². The number of aryl methyl sites for hydroxylation is 1. The number of anilines is 3. The number of hydrogen-bond acceptors (Lipinski definition) is 9. The highest BCUT2D eigenvalue weighted by Gasteiger charge is 2.17. The Morgan fingerprint density at radius 1 is 1.15 bits per heavy atom. The molecule has 33 heavy (non-hydrogen) atoms. The molecular formula is C21H20Br2ClN7O2. The lowest BCUT2D eigenvalue weighted by Crippen LogP contribution is -2.37. The summed E-state index contributed by atoms with van der Waals surface area (Å²) in [4.78, 5) is 15.4. The van der Waals surface area contributed by atoms with Gasteiger partial charge in [-0.1, -0.05) is 33.6 Å². The number of aromatic nitrogens is 3. The number of aromatic hydroxyl groups is 1. The average molecular weight is 598 g/mol. The SMILES string of the molecule is Cc1ccc(Nc2nc(N=NCc3cc(Br)cc(Br)c3O)nc(N3CCOCC3)n2)cc1Cl. The zero-order chi connectivity index (χ0) is 23.4. The Balaban J connectivity index is 1.61. The van der Waals surface area contributed by atoms with Crippen molar-refractivity contribution in [1.82, 2.24) is 15.0 Å². The zero-order valence-electron chi connectivity index (χ0n) is 17.6. The van der Waals surface area contributed by atoms with Crippen LogP contribution in [0.4, 0.5) is 23.5 Å². The Labute approximate surface area is 212 Å². The van der Waals surface area contributed by atoms with E-state index in [1.807, 2.05) is 30.0 Å². The fourth-order valence-electron chi connectivity index (χ4n) is 3.07. The van der Waals surface area contributed by atoms with Crippen molar-refractivity contribution < 1.29 is 9.84 Å². The van der Waals surface area contributed by atoms with Crippen LogP contribution in [0.2, 0.25) is 5.02 Å². The number of morpholine rings is 1. The molecule has 0 unspecified atom stereocenters. The number of phenolic OH excluding ortho intramolecular Hbond substituents is 1. The van der Waals surface area contributed by atoms with E-state index in [9.17, 15) is 5.11 Å². The van der Waals surface area contributed by atoms with Gasteiger partial charge in [-0.15, -0.1) is 5.11 Å². The molecule has 1 saturated heterocycles. The standard InChI is InChI=1S/C21H20Br2ClN7O2/c1-12-2-3-15(10-17(12)24)26-19-27-20(29-21(28-19)31-4-6-33-7-5-31)30-25-11-13-8-14(22)9-16(23)18(13)32/h2-3,8-10,32H,4-7,11H2,1H3,(H,26,27,28,29). The van der Waals surface area contributed by atoms with Crippen LogP contribution >= 0.6 is 43.5 Å². The van der Waals surface area contributed by atoms with Gasteiger partial charge in [0.1, 0.15) is 5.75 Å². The van der Waals surface area contributed by atoms with E-state index in [1.165, 1.54) is 0 Å². The van der Waals surface area contributed by atoms with E-state index in [2.05, 4.69) is 62.4 Å². The molecule has 0 radical (unpaired) electrons. The maximum absolute atomic E-state index is 10.2. The molecule has 172 valence electrons. The summed E-state index contributed by atoms with van der Waals surface area (Å²) in [6.45, 7) is 4.60. The van der Waals surface area contributed by atoms with Gasteiger partial charge in [-0.3, -0.25) is 0 Å². The molecule has 0 saturated carbocycles.